The highest BCUT2D eigenvalue weighted by Gasteiger charge is 2.32. The molecule has 3 rings (SSSR count). The lowest BCUT2D eigenvalue weighted by Gasteiger charge is -2.30. The summed E-state index contributed by atoms with van der Waals surface area (Å²) in [6.07, 6.45) is -2.66. The topological polar surface area (TPSA) is 64.3 Å². The van der Waals surface area contributed by atoms with Crippen LogP contribution in [0.25, 0.3) is 0 Å². The zero-order valence-electron chi connectivity index (χ0n) is 13.8. The summed E-state index contributed by atoms with van der Waals surface area (Å²) in [4.78, 5) is 9.93. The molecule has 1 fully saturated rings. The predicted octanol–water partition coefficient (Wildman–Crippen LogP) is 3.08. The lowest BCUT2D eigenvalue weighted by Crippen LogP contribution is -2.35. The minimum Gasteiger partial charge on any atom is -0.477 e. The van der Waals surface area contributed by atoms with Gasteiger partial charge >= 0.3 is 6.18 Å². The summed E-state index contributed by atoms with van der Waals surface area (Å²) in [7, 11) is 0. The van der Waals surface area contributed by atoms with Gasteiger partial charge in [0.15, 0.2) is 5.82 Å². The number of hydrogen-bond donors (Lipinski definition) is 0. The quantitative estimate of drug-likeness (QED) is 0.820. The van der Waals surface area contributed by atoms with E-state index in [1.807, 2.05) is 0 Å². The molecule has 0 atom stereocenters. The molecule has 0 bridgehead atoms. The van der Waals surface area contributed by atoms with Gasteiger partial charge in [0.25, 0.3) is 0 Å². The number of ether oxygens (including phenoxy) is 1. The van der Waals surface area contributed by atoms with Crippen molar-refractivity contribution in [3.8, 4) is 5.88 Å². The Kier molecular flexibility index (Phi) is 5.22. The van der Waals surface area contributed by atoms with Crippen LogP contribution in [0, 0.1) is 12.8 Å². The summed E-state index contributed by atoms with van der Waals surface area (Å²) < 4.78 is 48.4. The molecule has 6 nitrogen and oxygen atoms in total. The molecule has 1 saturated heterocycles. The SMILES string of the molecule is Cc1nc(CN2CCC(COc3cccc(C(F)(F)F)n3)CC2)no1. The third kappa shape index (κ3) is 4.91. The number of likely N-dealkylation sites (tertiary alicyclic amines) is 1. The van der Waals surface area contributed by atoms with Gasteiger partial charge in [-0.15, -0.1) is 0 Å². The van der Waals surface area contributed by atoms with Crippen molar-refractivity contribution in [1.29, 1.82) is 0 Å². The van der Waals surface area contributed by atoms with E-state index in [0.717, 1.165) is 32.0 Å². The fourth-order valence-corrected chi connectivity index (χ4v) is 2.77. The van der Waals surface area contributed by atoms with Crippen LogP contribution >= 0.6 is 0 Å². The van der Waals surface area contributed by atoms with E-state index >= 15 is 0 Å². The van der Waals surface area contributed by atoms with Crippen LogP contribution in [0.2, 0.25) is 0 Å². The molecule has 0 aliphatic carbocycles. The van der Waals surface area contributed by atoms with E-state index < -0.39 is 11.9 Å². The van der Waals surface area contributed by atoms with Crippen LogP contribution in [-0.4, -0.2) is 39.7 Å². The highest BCUT2D eigenvalue weighted by Crippen LogP contribution is 2.29. The maximum absolute atomic E-state index is 12.6. The Morgan fingerprint density at radius 1 is 1.24 bits per heavy atom. The van der Waals surface area contributed by atoms with Crippen LogP contribution in [0.3, 0.4) is 0 Å². The Labute approximate surface area is 143 Å². The first-order chi connectivity index (χ1) is 11.9. The van der Waals surface area contributed by atoms with Gasteiger partial charge in [0, 0.05) is 13.0 Å². The molecular formula is C16H19F3N4O2. The molecule has 0 N–H and O–H groups in total. The average Bonchev–Trinajstić information content (AvgIpc) is 2.99. The summed E-state index contributed by atoms with van der Waals surface area (Å²) in [6, 6.07) is 3.69. The number of halogens is 3. The second-order valence-corrected chi connectivity index (χ2v) is 6.12. The van der Waals surface area contributed by atoms with E-state index in [-0.39, 0.29) is 5.88 Å². The number of hydrogen-bond acceptors (Lipinski definition) is 6. The Balaban J connectivity index is 1.45. The lowest BCUT2D eigenvalue weighted by molar-refractivity contribution is -0.141. The highest BCUT2D eigenvalue weighted by molar-refractivity contribution is 5.17. The number of piperidine rings is 1. The monoisotopic (exact) mass is 356 g/mol. The van der Waals surface area contributed by atoms with Crippen molar-refractivity contribution in [2.24, 2.45) is 5.92 Å². The molecule has 3 heterocycles. The van der Waals surface area contributed by atoms with Gasteiger partial charge < -0.3 is 9.26 Å². The lowest BCUT2D eigenvalue weighted by atomic mass is 9.98. The maximum atomic E-state index is 12.6. The molecule has 0 amide bonds. The highest BCUT2D eigenvalue weighted by atomic mass is 19.4. The second-order valence-electron chi connectivity index (χ2n) is 6.12. The van der Waals surface area contributed by atoms with E-state index in [0.29, 0.717) is 30.8 Å². The van der Waals surface area contributed by atoms with Gasteiger partial charge in [0.2, 0.25) is 11.8 Å². The summed E-state index contributed by atoms with van der Waals surface area (Å²) in [5, 5.41) is 3.88. The van der Waals surface area contributed by atoms with Gasteiger partial charge in [-0.05, 0) is 37.9 Å². The van der Waals surface area contributed by atoms with Crippen molar-refractivity contribution in [3.05, 3.63) is 35.6 Å². The number of alkyl halides is 3. The molecular weight excluding hydrogens is 337 g/mol. The minimum atomic E-state index is -4.46. The third-order valence-electron chi connectivity index (χ3n) is 4.12. The van der Waals surface area contributed by atoms with Crippen LogP contribution in [0.1, 0.15) is 30.3 Å². The first kappa shape index (κ1) is 17.7. The summed E-state index contributed by atoms with van der Waals surface area (Å²) in [5.74, 6) is 1.52. The van der Waals surface area contributed by atoms with Gasteiger partial charge in [0.05, 0.1) is 13.2 Å². The smallest absolute Gasteiger partial charge is 0.433 e. The van der Waals surface area contributed by atoms with Crippen molar-refractivity contribution in [2.45, 2.75) is 32.5 Å². The number of aryl methyl sites for hydroxylation is 1. The van der Waals surface area contributed by atoms with Crippen LogP contribution in [-0.2, 0) is 12.7 Å². The normalized spacial score (nSPS) is 17.0. The zero-order chi connectivity index (χ0) is 17.9. The van der Waals surface area contributed by atoms with Gasteiger partial charge in [-0.1, -0.05) is 11.2 Å². The molecule has 25 heavy (non-hydrogen) atoms. The van der Waals surface area contributed by atoms with Gasteiger partial charge in [-0.2, -0.15) is 18.2 Å². The first-order valence-corrected chi connectivity index (χ1v) is 8.09. The first-order valence-electron chi connectivity index (χ1n) is 8.09. The van der Waals surface area contributed by atoms with E-state index in [1.165, 1.54) is 12.1 Å². The van der Waals surface area contributed by atoms with Gasteiger partial charge in [0.1, 0.15) is 5.69 Å². The molecule has 0 saturated carbocycles. The van der Waals surface area contributed by atoms with Crippen molar-refractivity contribution < 1.29 is 22.4 Å². The standard InChI is InChI=1S/C16H19F3N4O2/c1-11-20-14(22-25-11)9-23-7-5-12(6-8-23)10-24-15-4-2-3-13(21-15)16(17,18)19/h2-4,12H,5-10H2,1H3. The molecule has 0 radical (unpaired) electrons. The van der Waals surface area contributed by atoms with Crippen molar-refractivity contribution in [1.82, 2.24) is 20.0 Å². The fraction of sp³-hybridized carbons (Fsp3) is 0.562. The molecule has 9 heteroatoms. The molecule has 2 aromatic rings. The molecule has 0 unspecified atom stereocenters. The van der Waals surface area contributed by atoms with E-state index in [4.69, 9.17) is 9.26 Å². The van der Waals surface area contributed by atoms with Crippen molar-refractivity contribution in [3.63, 3.8) is 0 Å². The summed E-state index contributed by atoms with van der Waals surface area (Å²) in [5.41, 5.74) is -0.935. The summed E-state index contributed by atoms with van der Waals surface area (Å²) >= 11 is 0. The molecule has 1 aliphatic heterocycles. The maximum Gasteiger partial charge on any atom is 0.433 e. The van der Waals surface area contributed by atoms with Gasteiger partial charge in [-0.25, -0.2) is 4.98 Å². The fourth-order valence-electron chi connectivity index (χ4n) is 2.77. The average molecular weight is 356 g/mol. The van der Waals surface area contributed by atoms with Crippen molar-refractivity contribution in [2.75, 3.05) is 19.7 Å². The van der Waals surface area contributed by atoms with E-state index in [1.54, 1.807) is 6.92 Å². The Bertz CT molecular complexity index is 697. The zero-order valence-corrected chi connectivity index (χ0v) is 13.8. The van der Waals surface area contributed by atoms with Gasteiger partial charge in [-0.3, -0.25) is 4.90 Å². The van der Waals surface area contributed by atoms with E-state index in [9.17, 15) is 13.2 Å². The van der Waals surface area contributed by atoms with Crippen LogP contribution in [0.4, 0.5) is 13.2 Å². The number of aromatic nitrogens is 3. The molecule has 0 aromatic carbocycles. The van der Waals surface area contributed by atoms with E-state index in [2.05, 4.69) is 20.0 Å². The number of pyridine rings is 1. The van der Waals surface area contributed by atoms with Crippen LogP contribution < -0.4 is 4.74 Å². The number of nitrogens with zero attached hydrogens (tertiary/aromatic N) is 4. The van der Waals surface area contributed by atoms with Crippen LogP contribution in [0.5, 0.6) is 5.88 Å². The largest absolute Gasteiger partial charge is 0.477 e. The molecule has 0 spiro atoms. The second kappa shape index (κ2) is 7.38. The van der Waals surface area contributed by atoms with Crippen molar-refractivity contribution >= 4 is 0 Å². The third-order valence-corrected chi connectivity index (χ3v) is 4.12. The molecule has 2 aromatic heterocycles. The summed E-state index contributed by atoms with van der Waals surface area (Å²) in [6.45, 7) is 4.47. The molecule has 136 valence electrons. The Hall–Kier alpha value is -2.16. The van der Waals surface area contributed by atoms with Crippen LogP contribution in [0.15, 0.2) is 22.7 Å². The minimum absolute atomic E-state index is 0.0135. The Morgan fingerprint density at radius 3 is 2.64 bits per heavy atom. The predicted molar refractivity (Wildman–Crippen MR) is 81.8 cm³/mol. The Morgan fingerprint density at radius 2 is 2.00 bits per heavy atom. The number of rotatable bonds is 5. The molecule has 1 aliphatic rings.